The van der Waals surface area contributed by atoms with Gasteiger partial charge in [-0.1, -0.05) is 48.5 Å². The lowest BCUT2D eigenvalue weighted by molar-refractivity contribution is 0.0977. The van der Waals surface area contributed by atoms with Crippen molar-refractivity contribution in [3.8, 4) is 23.5 Å². The number of carbonyl (C=O) groups excluding carboxylic acids is 1. The number of ether oxygens (including phenoxy) is 1. The van der Waals surface area contributed by atoms with E-state index in [4.69, 9.17) is 11.2 Å². The van der Waals surface area contributed by atoms with Gasteiger partial charge in [0.25, 0.3) is 0 Å². The molecule has 0 fully saturated rings. The fourth-order valence-electron chi connectivity index (χ4n) is 3.18. The Morgan fingerprint density at radius 3 is 2.25 bits per heavy atom. The van der Waals surface area contributed by atoms with E-state index in [-0.39, 0.29) is 18.1 Å². The summed E-state index contributed by atoms with van der Waals surface area (Å²) in [6, 6.07) is 16.6. The van der Waals surface area contributed by atoms with Crippen molar-refractivity contribution in [3.05, 3.63) is 59.7 Å². The Bertz CT molecular complexity index is 745. The minimum atomic E-state index is -0.334. The number of terminal acetylenes is 1. The summed E-state index contributed by atoms with van der Waals surface area (Å²) in [5, 5.41) is 0. The average Bonchev–Trinajstić information content (AvgIpc) is 2.93. The molecule has 0 bridgehead atoms. The van der Waals surface area contributed by atoms with Gasteiger partial charge in [0.05, 0.1) is 0 Å². The molecule has 1 unspecified atom stereocenters. The smallest absolute Gasteiger partial charge is 0.409 e. The van der Waals surface area contributed by atoms with Gasteiger partial charge >= 0.3 is 6.09 Å². The molecule has 0 spiro atoms. The van der Waals surface area contributed by atoms with Crippen LogP contribution in [0.25, 0.3) is 11.1 Å². The number of rotatable bonds is 4. The minimum absolute atomic E-state index is 0.0364. The van der Waals surface area contributed by atoms with Gasteiger partial charge in [-0.2, -0.15) is 0 Å². The summed E-state index contributed by atoms with van der Waals surface area (Å²) >= 11 is 0. The van der Waals surface area contributed by atoms with E-state index in [9.17, 15) is 4.79 Å². The largest absolute Gasteiger partial charge is 0.448 e. The van der Waals surface area contributed by atoms with E-state index < -0.39 is 0 Å². The van der Waals surface area contributed by atoms with E-state index in [1.807, 2.05) is 31.2 Å². The first-order chi connectivity index (χ1) is 11.6. The average molecular weight is 319 g/mol. The van der Waals surface area contributed by atoms with E-state index >= 15 is 0 Å². The standard InChI is InChI=1S/C21H21NO2/c1-4-9-15(2)22(3)21(23)24-14-20-18-12-7-5-10-16(18)17-11-6-8-13-19(17)20/h1,5-8,10-13,15,20H,9,14H2,2-3H3. The summed E-state index contributed by atoms with van der Waals surface area (Å²) < 4.78 is 5.59. The van der Waals surface area contributed by atoms with Crippen LogP contribution in [0, 0.1) is 12.3 Å². The number of fused-ring (bicyclic) bond motifs is 3. The van der Waals surface area contributed by atoms with Crippen molar-refractivity contribution in [1.82, 2.24) is 4.90 Å². The summed E-state index contributed by atoms with van der Waals surface area (Å²) in [5.74, 6) is 2.66. The number of hydrogen-bond donors (Lipinski definition) is 0. The van der Waals surface area contributed by atoms with Gasteiger partial charge < -0.3 is 9.64 Å². The third kappa shape index (κ3) is 2.88. The summed E-state index contributed by atoms with van der Waals surface area (Å²) in [5.41, 5.74) is 4.88. The van der Waals surface area contributed by atoms with Gasteiger partial charge in [0.15, 0.2) is 0 Å². The van der Waals surface area contributed by atoms with Crippen molar-refractivity contribution in [3.63, 3.8) is 0 Å². The van der Waals surface area contributed by atoms with Crippen LogP contribution in [0.15, 0.2) is 48.5 Å². The highest BCUT2D eigenvalue weighted by Crippen LogP contribution is 2.44. The first-order valence-electron chi connectivity index (χ1n) is 8.14. The molecule has 24 heavy (non-hydrogen) atoms. The Kier molecular flexibility index (Phi) is 4.57. The molecule has 0 aliphatic heterocycles. The second-order valence-corrected chi connectivity index (χ2v) is 6.17. The number of carbonyl (C=O) groups is 1. The third-order valence-corrected chi connectivity index (χ3v) is 4.70. The lowest BCUT2D eigenvalue weighted by Gasteiger charge is -2.24. The molecule has 0 radical (unpaired) electrons. The van der Waals surface area contributed by atoms with Crippen LogP contribution in [0.1, 0.15) is 30.4 Å². The van der Waals surface area contributed by atoms with Crippen molar-refractivity contribution in [2.24, 2.45) is 0 Å². The molecular formula is C21H21NO2. The number of benzene rings is 2. The first kappa shape index (κ1) is 16.1. The molecule has 1 aliphatic rings. The zero-order valence-corrected chi connectivity index (χ0v) is 14.0. The molecule has 1 amide bonds. The Morgan fingerprint density at radius 2 is 1.71 bits per heavy atom. The molecule has 0 heterocycles. The highest BCUT2D eigenvalue weighted by molar-refractivity contribution is 5.79. The second-order valence-electron chi connectivity index (χ2n) is 6.17. The summed E-state index contributed by atoms with van der Waals surface area (Å²) in [4.78, 5) is 13.8. The van der Waals surface area contributed by atoms with Crippen molar-refractivity contribution in [1.29, 1.82) is 0 Å². The van der Waals surface area contributed by atoms with Crippen molar-refractivity contribution in [2.45, 2.75) is 25.3 Å². The molecular weight excluding hydrogens is 298 g/mol. The Hall–Kier alpha value is -2.73. The van der Waals surface area contributed by atoms with Crippen molar-refractivity contribution >= 4 is 6.09 Å². The van der Waals surface area contributed by atoms with E-state index in [1.54, 1.807) is 11.9 Å². The maximum Gasteiger partial charge on any atom is 0.409 e. The SMILES string of the molecule is C#CCC(C)N(C)C(=O)OCC1c2ccccc2-c2ccccc21. The summed E-state index contributed by atoms with van der Waals surface area (Å²) in [7, 11) is 1.72. The van der Waals surface area contributed by atoms with Crippen LogP contribution in [-0.2, 0) is 4.74 Å². The quantitative estimate of drug-likeness (QED) is 0.787. The molecule has 2 aromatic rings. The molecule has 0 N–H and O–H groups in total. The van der Waals surface area contributed by atoms with Gasteiger partial charge in [0.2, 0.25) is 0 Å². The molecule has 2 aromatic carbocycles. The van der Waals surface area contributed by atoms with Crippen LogP contribution in [0.5, 0.6) is 0 Å². The first-order valence-corrected chi connectivity index (χ1v) is 8.14. The van der Waals surface area contributed by atoms with Crippen LogP contribution in [-0.4, -0.2) is 30.7 Å². The van der Waals surface area contributed by atoms with E-state index in [1.165, 1.54) is 22.3 Å². The zero-order valence-electron chi connectivity index (χ0n) is 14.0. The van der Waals surface area contributed by atoms with Gasteiger partial charge in [-0.3, -0.25) is 0 Å². The molecule has 0 aromatic heterocycles. The van der Waals surface area contributed by atoms with Crippen molar-refractivity contribution in [2.75, 3.05) is 13.7 Å². The molecule has 3 rings (SSSR count). The normalized spacial score (nSPS) is 13.5. The Balaban J connectivity index is 1.76. The number of hydrogen-bond acceptors (Lipinski definition) is 2. The van der Waals surface area contributed by atoms with E-state index in [0.29, 0.717) is 13.0 Å². The topological polar surface area (TPSA) is 29.5 Å². The Labute approximate surface area is 143 Å². The monoisotopic (exact) mass is 319 g/mol. The summed E-state index contributed by atoms with van der Waals surface area (Å²) in [6.45, 7) is 2.25. The minimum Gasteiger partial charge on any atom is -0.448 e. The van der Waals surface area contributed by atoms with Crippen LogP contribution in [0.2, 0.25) is 0 Å². The molecule has 1 aliphatic carbocycles. The fourth-order valence-corrected chi connectivity index (χ4v) is 3.18. The zero-order chi connectivity index (χ0) is 17.1. The maximum absolute atomic E-state index is 12.3. The molecule has 3 heteroatoms. The number of amides is 1. The molecule has 122 valence electrons. The predicted octanol–water partition coefficient (Wildman–Crippen LogP) is 4.28. The van der Waals surface area contributed by atoms with Crippen LogP contribution in [0.4, 0.5) is 4.79 Å². The van der Waals surface area contributed by atoms with Gasteiger partial charge in [0, 0.05) is 25.4 Å². The van der Waals surface area contributed by atoms with Crippen LogP contribution >= 0.6 is 0 Å². The summed E-state index contributed by atoms with van der Waals surface area (Å²) in [6.07, 6.45) is 5.50. The lowest BCUT2D eigenvalue weighted by atomic mass is 9.98. The Morgan fingerprint density at radius 1 is 1.17 bits per heavy atom. The van der Waals surface area contributed by atoms with E-state index in [2.05, 4.69) is 30.2 Å². The number of nitrogens with zero attached hydrogens (tertiary/aromatic N) is 1. The maximum atomic E-state index is 12.3. The van der Waals surface area contributed by atoms with Gasteiger partial charge in [-0.25, -0.2) is 4.79 Å². The van der Waals surface area contributed by atoms with Crippen molar-refractivity contribution < 1.29 is 9.53 Å². The predicted molar refractivity (Wildman–Crippen MR) is 95.7 cm³/mol. The van der Waals surface area contributed by atoms with Crippen LogP contribution in [0.3, 0.4) is 0 Å². The second kappa shape index (κ2) is 6.80. The molecule has 3 nitrogen and oxygen atoms in total. The molecule has 0 saturated carbocycles. The van der Waals surface area contributed by atoms with Gasteiger partial charge in [-0.05, 0) is 29.2 Å². The van der Waals surface area contributed by atoms with Crippen LogP contribution < -0.4 is 0 Å². The lowest BCUT2D eigenvalue weighted by Crippen LogP contribution is -2.36. The fraction of sp³-hybridized carbons (Fsp3) is 0.286. The van der Waals surface area contributed by atoms with E-state index in [0.717, 1.165) is 0 Å². The molecule has 1 atom stereocenters. The third-order valence-electron chi connectivity index (χ3n) is 4.70. The van der Waals surface area contributed by atoms with Gasteiger partial charge in [0.1, 0.15) is 6.61 Å². The highest BCUT2D eigenvalue weighted by atomic mass is 16.6. The van der Waals surface area contributed by atoms with Gasteiger partial charge in [-0.15, -0.1) is 12.3 Å². The molecule has 0 saturated heterocycles. The highest BCUT2D eigenvalue weighted by Gasteiger charge is 2.29.